The molecule has 0 atom stereocenters. The van der Waals surface area contributed by atoms with Crippen LogP contribution in [0, 0.1) is 6.92 Å². The highest BCUT2D eigenvalue weighted by Crippen LogP contribution is 2.31. The number of hydrogen-bond donors (Lipinski definition) is 2. The first kappa shape index (κ1) is 26.2. The molecule has 4 aromatic rings. The molecule has 1 saturated heterocycles. The first-order valence-electron chi connectivity index (χ1n) is 12.4. The summed E-state index contributed by atoms with van der Waals surface area (Å²) >= 11 is 6.14. The second-order valence-corrected chi connectivity index (χ2v) is 11.2. The number of nitrogens with one attached hydrogen (secondary N) is 2. The Labute approximate surface area is 226 Å². The van der Waals surface area contributed by atoms with Gasteiger partial charge in [-0.25, -0.2) is 13.4 Å². The van der Waals surface area contributed by atoms with Crippen molar-refractivity contribution in [2.75, 3.05) is 31.5 Å². The monoisotopic (exact) mass is 556 g/mol. The Kier molecular flexibility index (Phi) is 7.42. The third-order valence-corrected chi connectivity index (χ3v) is 8.51. The van der Waals surface area contributed by atoms with Crippen LogP contribution in [0.4, 0.5) is 5.69 Å². The lowest BCUT2D eigenvalue weighted by atomic mass is 10.1. The summed E-state index contributed by atoms with van der Waals surface area (Å²) in [5.41, 5.74) is 2.42. The Bertz CT molecular complexity index is 1550. The summed E-state index contributed by atoms with van der Waals surface area (Å²) < 4.78 is 40.0. The van der Waals surface area contributed by atoms with Crippen LogP contribution in [0.25, 0.3) is 22.4 Å². The molecule has 0 saturated carbocycles. The van der Waals surface area contributed by atoms with Gasteiger partial charge in [-0.15, -0.1) is 0 Å². The number of hydrogen-bond acceptors (Lipinski definition) is 8. The molecule has 0 radical (unpaired) electrons. The van der Waals surface area contributed by atoms with Gasteiger partial charge in [0.15, 0.2) is 11.5 Å². The Morgan fingerprint density at radius 2 is 1.87 bits per heavy atom. The lowest BCUT2D eigenvalue weighted by molar-refractivity contribution is 0.101. The molecule has 200 valence electrons. The highest BCUT2D eigenvalue weighted by molar-refractivity contribution is 7.92. The smallest absolute Gasteiger partial charge is 0.263 e. The van der Waals surface area contributed by atoms with E-state index in [2.05, 4.69) is 31.7 Å². The van der Waals surface area contributed by atoms with Crippen molar-refractivity contribution in [1.29, 1.82) is 0 Å². The molecule has 2 aromatic heterocycles. The Morgan fingerprint density at radius 3 is 2.55 bits per heavy atom. The van der Waals surface area contributed by atoms with Crippen molar-refractivity contribution in [3.05, 3.63) is 53.2 Å². The van der Waals surface area contributed by atoms with Gasteiger partial charge >= 0.3 is 0 Å². The average molecular weight is 557 g/mol. The predicted octanol–water partition coefficient (Wildman–Crippen LogP) is 4.65. The summed E-state index contributed by atoms with van der Waals surface area (Å²) in [5.74, 6) is 1.33. The molecule has 0 unspecified atom stereocenters. The number of anilines is 1. The summed E-state index contributed by atoms with van der Waals surface area (Å²) in [4.78, 5) is 11.7. The lowest BCUT2D eigenvalue weighted by Crippen LogP contribution is -2.38. The van der Waals surface area contributed by atoms with Crippen molar-refractivity contribution in [2.45, 2.75) is 37.7 Å². The number of aromatic amines is 1. The first-order valence-corrected chi connectivity index (χ1v) is 14.2. The van der Waals surface area contributed by atoms with Crippen molar-refractivity contribution in [3.8, 4) is 23.0 Å². The molecular weight excluding hydrogens is 528 g/mol. The van der Waals surface area contributed by atoms with E-state index in [-0.39, 0.29) is 16.0 Å². The molecule has 1 aliphatic rings. The van der Waals surface area contributed by atoms with Gasteiger partial charge in [0.2, 0.25) is 5.88 Å². The van der Waals surface area contributed by atoms with Crippen molar-refractivity contribution >= 4 is 38.3 Å². The fourth-order valence-electron chi connectivity index (χ4n) is 4.46. The van der Waals surface area contributed by atoms with Crippen LogP contribution in [0.2, 0.25) is 5.02 Å². The quantitative estimate of drug-likeness (QED) is 0.321. The zero-order valence-electron chi connectivity index (χ0n) is 21.4. The number of benzene rings is 2. The van der Waals surface area contributed by atoms with E-state index >= 15 is 0 Å². The highest BCUT2D eigenvalue weighted by atomic mass is 35.5. The third-order valence-electron chi connectivity index (χ3n) is 6.64. The number of methoxy groups -OCH3 is 1. The van der Waals surface area contributed by atoms with Gasteiger partial charge in [-0.05, 0) is 62.7 Å². The number of nitrogens with zero attached hydrogens (tertiary/aromatic N) is 4. The number of H-pyrrole nitrogens is 1. The zero-order chi connectivity index (χ0) is 26.9. The average Bonchev–Trinajstić information content (AvgIpc) is 3.30. The number of rotatable bonds is 8. The molecule has 2 aromatic carbocycles. The van der Waals surface area contributed by atoms with Crippen LogP contribution in [-0.2, 0) is 10.0 Å². The Hall–Kier alpha value is -3.41. The Morgan fingerprint density at radius 1 is 1.13 bits per heavy atom. The number of aromatic nitrogens is 4. The second kappa shape index (κ2) is 10.8. The van der Waals surface area contributed by atoms with Gasteiger partial charge < -0.3 is 14.4 Å². The molecule has 2 N–H and O–H groups in total. The van der Waals surface area contributed by atoms with Gasteiger partial charge in [0, 0.05) is 36.1 Å². The minimum atomic E-state index is -3.94. The maximum Gasteiger partial charge on any atom is 0.263 e. The molecule has 0 aliphatic carbocycles. The van der Waals surface area contributed by atoms with Gasteiger partial charge in [0.1, 0.15) is 22.1 Å². The van der Waals surface area contributed by atoms with Crippen molar-refractivity contribution < 1.29 is 17.9 Å². The van der Waals surface area contributed by atoms with E-state index < -0.39 is 10.0 Å². The molecule has 1 fully saturated rings. The molecule has 1 aliphatic heterocycles. The van der Waals surface area contributed by atoms with Gasteiger partial charge in [0.05, 0.1) is 12.1 Å². The maximum absolute atomic E-state index is 13.0. The molecule has 38 heavy (non-hydrogen) atoms. The number of halogens is 1. The fourth-order valence-corrected chi connectivity index (χ4v) is 6.03. The van der Waals surface area contributed by atoms with Gasteiger partial charge in [-0.3, -0.25) is 9.82 Å². The summed E-state index contributed by atoms with van der Waals surface area (Å²) in [6.07, 6.45) is 1.92. The van der Waals surface area contributed by atoms with E-state index in [0.717, 1.165) is 43.6 Å². The van der Waals surface area contributed by atoms with Crippen LogP contribution >= 0.6 is 11.6 Å². The van der Waals surface area contributed by atoms with Crippen molar-refractivity contribution in [3.63, 3.8) is 0 Å². The van der Waals surface area contributed by atoms with Gasteiger partial charge in [-0.2, -0.15) is 10.1 Å². The molecular formula is C26H29ClN6O4S. The topological polar surface area (TPSA) is 122 Å². The Balaban J connectivity index is 1.40. The summed E-state index contributed by atoms with van der Waals surface area (Å²) in [7, 11) is -2.48. The predicted molar refractivity (Wildman–Crippen MR) is 146 cm³/mol. The number of likely N-dealkylation sites (tertiary alicyclic amines) is 1. The summed E-state index contributed by atoms with van der Waals surface area (Å²) in [6.45, 7) is 7.10. The molecule has 0 bridgehead atoms. The fraction of sp³-hybridized carbons (Fsp3) is 0.346. The highest BCUT2D eigenvalue weighted by Gasteiger charge is 2.24. The molecule has 12 heteroatoms. The number of ether oxygens (including phenoxy) is 2. The number of sulfonamides is 1. The number of piperidine rings is 1. The van der Waals surface area contributed by atoms with E-state index in [1.54, 1.807) is 30.3 Å². The molecule has 10 nitrogen and oxygen atoms in total. The third kappa shape index (κ3) is 5.40. The SMILES string of the molecule is CCN1CCC(Oc2nc(-c3ccc(NS(=O)(=O)c4cc(OC)ccc4Cl)cc3)nc3n[nH]c(C)c23)CC1. The summed E-state index contributed by atoms with van der Waals surface area (Å²) in [5, 5.41) is 8.17. The normalized spacial score (nSPS) is 15.1. The van der Waals surface area contributed by atoms with Crippen LogP contribution in [0.15, 0.2) is 47.4 Å². The van der Waals surface area contributed by atoms with E-state index in [9.17, 15) is 8.42 Å². The molecule has 0 spiro atoms. The van der Waals surface area contributed by atoms with E-state index in [1.807, 2.05) is 6.92 Å². The van der Waals surface area contributed by atoms with Crippen LogP contribution in [-0.4, -0.2) is 66.3 Å². The van der Waals surface area contributed by atoms with E-state index in [4.69, 9.17) is 26.1 Å². The lowest BCUT2D eigenvalue weighted by Gasteiger charge is -2.31. The van der Waals surface area contributed by atoms with Crippen LogP contribution < -0.4 is 14.2 Å². The van der Waals surface area contributed by atoms with Crippen LogP contribution in [0.3, 0.4) is 0 Å². The molecule has 0 amide bonds. The number of aryl methyl sites for hydroxylation is 1. The maximum atomic E-state index is 13.0. The minimum Gasteiger partial charge on any atom is -0.497 e. The first-order chi connectivity index (χ1) is 18.3. The second-order valence-electron chi connectivity index (χ2n) is 9.13. The molecule has 3 heterocycles. The zero-order valence-corrected chi connectivity index (χ0v) is 22.9. The standard InChI is InChI=1S/C26H29ClN6O4S/c1-4-33-13-11-19(12-14-33)37-26-23-16(2)30-31-25(23)28-24(29-26)17-5-7-18(8-6-17)32-38(34,35)22-15-20(36-3)9-10-21(22)27/h5-10,15,19,32H,4,11-14H2,1-3H3,(H,28,29,30,31). The minimum absolute atomic E-state index is 0.0678. The van der Waals surface area contributed by atoms with E-state index in [1.165, 1.54) is 19.2 Å². The van der Waals surface area contributed by atoms with Crippen LogP contribution in [0.1, 0.15) is 25.5 Å². The molecule has 5 rings (SSSR count). The van der Waals surface area contributed by atoms with Gasteiger partial charge in [0.25, 0.3) is 10.0 Å². The van der Waals surface area contributed by atoms with Crippen LogP contribution in [0.5, 0.6) is 11.6 Å². The van der Waals surface area contributed by atoms with Crippen molar-refractivity contribution in [1.82, 2.24) is 25.1 Å². The summed E-state index contributed by atoms with van der Waals surface area (Å²) in [6, 6.07) is 11.2. The van der Waals surface area contributed by atoms with Crippen molar-refractivity contribution in [2.24, 2.45) is 0 Å². The van der Waals surface area contributed by atoms with E-state index in [0.29, 0.717) is 34.4 Å². The largest absolute Gasteiger partial charge is 0.497 e. The van der Waals surface area contributed by atoms with Gasteiger partial charge in [-0.1, -0.05) is 18.5 Å². The number of fused-ring (bicyclic) bond motifs is 1.